The normalized spacial score (nSPS) is 15.9. The van der Waals surface area contributed by atoms with Gasteiger partial charge in [0, 0.05) is 12.5 Å². The molecule has 1 aliphatic rings. The van der Waals surface area contributed by atoms with Crippen LogP contribution in [0.5, 0.6) is 0 Å². The molecule has 1 aliphatic heterocycles. The molecule has 0 spiro atoms. The Bertz CT molecular complexity index is 466. The number of hydrogen-bond acceptors (Lipinski definition) is 2. The molecule has 1 heterocycles. The van der Waals surface area contributed by atoms with Gasteiger partial charge in [-0.1, -0.05) is 19.1 Å². The third-order valence-electron chi connectivity index (χ3n) is 3.66. The van der Waals surface area contributed by atoms with Gasteiger partial charge in [0.05, 0.1) is 0 Å². The Hall–Kier alpha value is -1.20. The molecule has 1 unspecified atom stereocenters. The van der Waals surface area contributed by atoms with E-state index in [-0.39, 0.29) is 24.2 Å². The van der Waals surface area contributed by atoms with Gasteiger partial charge >= 0.3 is 0 Å². The lowest BCUT2D eigenvalue weighted by Crippen LogP contribution is -2.49. The minimum absolute atomic E-state index is 0. The van der Waals surface area contributed by atoms with Crippen molar-refractivity contribution in [2.24, 2.45) is 11.8 Å². The number of hydrogen-bond donors (Lipinski definition) is 2. The maximum atomic E-state index is 13.4. The number of halogens is 3. The molecule has 0 bridgehead atoms. The zero-order valence-electron chi connectivity index (χ0n) is 11.3. The summed E-state index contributed by atoms with van der Waals surface area (Å²) in [5.41, 5.74) is 0.290. The first kappa shape index (κ1) is 16.9. The molecule has 1 fully saturated rings. The SMILES string of the molecule is CC(C(=O)NCCc1cccc(F)c1F)C1CNC1.Cl. The molecule has 0 aromatic heterocycles. The van der Waals surface area contributed by atoms with E-state index in [9.17, 15) is 13.6 Å². The van der Waals surface area contributed by atoms with E-state index in [4.69, 9.17) is 0 Å². The van der Waals surface area contributed by atoms with Crippen LogP contribution < -0.4 is 10.6 Å². The zero-order chi connectivity index (χ0) is 13.8. The lowest BCUT2D eigenvalue weighted by Gasteiger charge is -2.31. The van der Waals surface area contributed by atoms with Gasteiger partial charge in [-0.05, 0) is 37.1 Å². The van der Waals surface area contributed by atoms with Crippen molar-refractivity contribution < 1.29 is 13.6 Å². The average molecular weight is 305 g/mol. The van der Waals surface area contributed by atoms with Crippen molar-refractivity contribution in [1.29, 1.82) is 0 Å². The van der Waals surface area contributed by atoms with Crippen LogP contribution in [0.3, 0.4) is 0 Å². The number of amides is 1. The lowest BCUT2D eigenvalue weighted by molar-refractivity contribution is -0.126. The fourth-order valence-corrected chi connectivity index (χ4v) is 2.10. The minimum Gasteiger partial charge on any atom is -0.356 e. The topological polar surface area (TPSA) is 41.1 Å². The maximum absolute atomic E-state index is 13.4. The van der Waals surface area contributed by atoms with Gasteiger partial charge in [-0.15, -0.1) is 12.4 Å². The Labute approximate surface area is 123 Å². The van der Waals surface area contributed by atoms with E-state index in [1.54, 1.807) is 0 Å². The van der Waals surface area contributed by atoms with Gasteiger partial charge in [0.25, 0.3) is 0 Å². The Morgan fingerprint density at radius 1 is 1.45 bits per heavy atom. The highest BCUT2D eigenvalue weighted by molar-refractivity contribution is 5.85. The van der Waals surface area contributed by atoms with Gasteiger partial charge in [0.2, 0.25) is 5.91 Å². The van der Waals surface area contributed by atoms with Crippen molar-refractivity contribution in [2.75, 3.05) is 19.6 Å². The number of carbonyl (C=O) groups is 1. The maximum Gasteiger partial charge on any atom is 0.223 e. The molecule has 112 valence electrons. The Morgan fingerprint density at radius 3 is 2.75 bits per heavy atom. The fraction of sp³-hybridized carbons (Fsp3) is 0.500. The highest BCUT2D eigenvalue weighted by Crippen LogP contribution is 2.16. The molecule has 6 heteroatoms. The Balaban J connectivity index is 0.00000200. The summed E-state index contributed by atoms with van der Waals surface area (Å²) in [6, 6.07) is 4.09. The van der Waals surface area contributed by atoms with Crippen LogP contribution in [0.4, 0.5) is 8.78 Å². The van der Waals surface area contributed by atoms with Crippen LogP contribution in [0, 0.1) is 23.5 Å². The smallest absolute Gasteiger partial charge is 0.223 e. The van der Waals surface area contributed by atoms with Gasteiger partial charge in [0.1, 0.15) is 0 Å². The minimum atomic E-state index is -0.849. The molecule has 1 amide bonds. The third kappa shape index (κ3) is 3.90. The second-order valence-electron chi connectivity index (χ2n) is 4.96. The molecular formula is C14H19ClF2N2O. The summed E-state index contributed by atoms with van der Waals surface area (Å²) >= 11 is 0. The van der Waals surface area contributed by atoms with E-state index >= 15 is 0 Å². The van der Waals surface area contributed by atoms with E-state index in [0.717, 1.165) is 19.2 Å². The first-order valence-electron chi connectivity index (χ1n) is 6.51. The average Bonchev–Trinajstić information content (AvgIpc) is 2.32. The van der Waals surface area contributed by atoms with Gasteiger partial charge < -0.3 is 10.6 Å². The van der Waals surface area contributed by atoms with Crippen LogP contribution in [0.1, 0.15) is 12.5 Å². The second-order valence-corrected chi connectivity index (χ2v) is 4.96. The van der Waals surface area contributed by atoms with Gasteiger partial charge in [0.15, 0.2) is 11.6 Å². The molecule has 2 rings (SSSR count). The largest absolute Gasteiger partial charge is 0.356 e. The number of nitrogens with one attached hydrogen (secondary N) is 2. The van der Waals surface area contributed by atoms with Crippen molar-refractivity contribution in [1.82, 2.24) is 10.6 Å². The van der Waals surface area contributed by atoms with Crippen LogP contribution in [0.2, 0.25) is 0 Å². The number of rotatable bonds is 5. The van der Waals surface area contributed by atoms with Crippen molar-refractivity contribution >= 4 is 18.3 Å². The molecule has 0 aliphatic carbocycles. The van der Waals surface area contributed by atoms with Crippen LogP contribution in [-0.4, -0.2) is 25.5 Å². The first-order valence-corrected chi connectivity index (χ1v) is 6.51. The van der Waals surface area contributed by atoms with Crippen LogP contribution in [0.15, 0.2) is 18.2 Å². The van der Waals surface area contributed by atoms with Crippen LogP contribution >= 0.6 is 12.4 Å². The summed E-state index contributed by atoms with van der Waals surface area (Å²) in [5, 5.41) is 5.89. The summed E-state index contributed by atoms with van der Waals surface area (Å²) in [7, 11) is 0. The predicted molar refractivity (Wildman–Crippen MR) is 75.8 cm³/mol. The lowest BCUT2D eigenvalue weighted by atomic mass is 9.88. The highest BCUT2D eigenvalue weighted by Gasteiger charge is 2.28. The fourth-order valence-electron chi connectivity index (χ4n) is 2.10. The van der Waals surface area contributed by atoms with E-state index < -0.39 is 11.6 Å². The zero-order valence-corrected chi connectivity index (χ0v) is 12.1. The summed E-state index contributed by atoms with van der Waals surface area (Å²) in [6.07, 6.45) is 0.297. The van der Waals surface area contributed by atoms with Gasteiger partial charge in [-0.2, -0.15) is 0 Å². The summed E-state index contributed by atoms with van der Waals surface area (Å²) in [4.78, 5) is 11.8. The molecule has 1 aromatic carbocycles. The molecule has 0 radical (unpaired) electrons. The second kappa shape index (κ2) is 7.55. The molecule has 20 heavy (non-hydrogen) atoms. The van der Waals surface area contributed by atoms with E-state index in [2.05, 4.69) is 10.6 Å². The quantitative estimate of drug-likeness (QED) is 0.872. The monoisotopic (exact) mass is 304 g/mol. The number of benzene rings is 1. The molecular weight excluding hydrogens is 286 g/mol. The molecule has 1 aromatic rings. The third-order valence-corrected chi connectivity index (χ3v) is 3.66. The molecule has 2 N–H and O–H groups in total. The Kier molecular flexibility index (Phi) is 6.36. The standard InChI is InChI=1S/C14H18F2N2O.ClH/c1-9(11-7-17-8-11)14(19)18-6-5-10-3-2-4-12(15)13(10)16;/h2-4,9,11,17H,5-8H2,1H3,(H,18,19);1H. The molecule has 0 saturated carbocycles. The predicted octanol–water partition coefficient (Wildman–Crippen LogP) is 1.90. The van der Waals surface area contributed by atoms with E-state index in [0.29, 0.717) is 24.4 Å². The first-order chi connectivity index (χ1) is 9.09. The Morgan fingerprint density at radius 2 is 2.15 bits per heavy atom. The highest BCUT2D eigenvalue weighted by atomic mass is 35.5. The van der Waals surface area contributed by atoms with Crippen molar-refractivity contribution in [2.45, 2.75) is 13.3 Å². The van der Waals surface area contributed by atoms with Gasteiger partial charge in [-0.3, -0.25) is 4.79 Å². The van der Waals surface area contributed by atoms with E-state index in [1.807, 2.05) is 6.92 Å². The summed E-state index contributed by atoms with van der Waals surface area (Å²) < 4.78 is 26.4. The van der Waals surface area contributed by atoms with Crippen LogP contribution in [0.25, 0.3) is 0 Å². The summed E-state index contributed by atoms with van der Waals surface area (Å²) in [6.45, 7) is 3.95. The van der Waals surface area contributed by atoms with Crippen LogP contribution in [-0.2, 0) is 11.2 Å². The van der Waals surface area contributed by atoms with E-state index in [1.165, 1.54) is 12.1 Å². The molecule has 3 nitrogen and oxygen atoms in total. The van der Waals surface area contributed by atoms with Crippen molar-refractivity contribution in [3.05, 3.63) is 35.4 Å². The van der Waals surface area contributed by atoms with Crippen molar-refractivity contribution in [3.8, 4) is 0 Å². The number of carbonyl (C=O) groups excluding carboxylic acids is 1. The van der Waals surface area contributed by atoms with Crippen molar-refractivity contribution in [3.63, 3.8) is 0 Å². The summed E-state index contributed by atoms with van der Waals surface area (Å²) in [5.74, 6) is -1.36. The molecule has 1 saturated heterocycles. The van der Waals surface area contributed by atoms with Gasteiger partial charge in [-0.25, -0.2) is 8.78 Å². The molecule has 1 atom stereocenters.